The fourth-order valence-electron chi connectivity index (χ4n) is 4.23. The number of benzene rings is 2. The van der Waals surface area contributed by atoms with Crippen molar-refractivity contribution in [3.8, 4) is 11.4 Å². The van der Waals surface area contributed by atoms with Crippen molar-refractivity contribution in [3.63, 3.8) is 0 Å². The van der Waals surface area contributed by atoms with Crippen LogP contribution >= 0.6 is 0 Å². The number of ether oxygens (including phenoxy) is 1. The van der Waals surface area contributed by atoms with Gasteiger partial charge in [-0.2, -0.15) is 5.10 Å². The highest BCUT2D eigenvalue weighted by Gasteiger charge is 2.33. The zero-order valence-corrected chi connectivity index (χ0v) is 19.4. The number of unbranched alkanes of at least 4 members (excludes halogenated alkanes) is 2. The normalized spacial score (nSPS) is 12.9. The maximum absolute atomic E-state index is 13.6. The van der Waals surface area contributed by atoms with E-state index in [1.165, 1.54) is 0 Å². The average molecular weight is 461 g/mol. The number of fused-ring (bicyclic) bond motifs is 1. The number of carbonyl (C=O) groups is 3. The van der Waals surface area contributed by atoms with Crippen molar-refractivity contribution in [1.82, 2.24) is 9.78 Å². The number of carbonyl (C=O) groups excluding carboxylic acids is 3. The zero-order valence-electron chi connectivity index (χ0n) is 19.4. The number of hydrogen-bond acceptors (Lipinski definition) is 6. The van der Waals surface area contributed by atoms with Gasteiger partial charge in [-0.05, 0) is 67.8 Å². The highest BCUT2D eigenvalue weighted by molar-refractivity contribution is 6.08. The molecule has 1 amide bonds. The lowest BCUT2D eigenvalue weighted by atomic mass is 10.0. The van der Waals surface area contributed by atoms with Crippen LogP contribution in [-0.2, 0) is 11.2 Å². The Hall–Kier alpha value is -3.94. The third-order valence-electron chi connectivity index (χ3n) is 6.14. The summed E-state index contributed by atoms with van der Waals surface area (Å²) in [5.74, 6) is 0.509. The summed E-state index contributed by atoms with van der Waals surface area (Å²) in [6.45, 7) is 1.33. The topological polar surface area (TPSA) is 84.7 Å². The van der Waals surface area contributed by atoms with Gasteiger partial charge in [0.05, 0.1) is 12.8 Å². The van der Waals surface area contributed by atoms with E-state index in [4.69, 9.17) is 4.74 Å². The molecule has 1 aliphatic heterocycles. The van der Waals surface area contributed by atoms with Crippen molar-refractivity contribution >= 4 is 29.9 Å². The van der Waals surface area contributed by atoms with Gasteiger partial charge in [-0.25, -0.2) is 4.68 Å². The third-order valence-corrected chi connectivity index (χ3v) is 6.14. The molecule has 1 aromatic heterocycles. The second-order valence-corrected chi connectivity index (χ2v) is 8.25. The first-order valence-electron chi connectivity index (χ1n) is 11.4. The molecule has 34 heavy (non-hydrogen) atoms. The van der Waals surface area contributed by atoms with Crippen LogP contribution in [-0.4, -0.2) is 55.5 Å². The molecule has 8 nitrogen and oxygen atoms in total. The van der Waals surface area contributed by atoms with Crippen LogP contribution in [0.1, 0.15) is 45.8 Å². The Bertz CT molecular complexity index is 1170. The monoisotopic (exact) mass is 460 g/mol. The molecule has 176 valence electrons. The van der Waals surface area contributed by atoms with Crippen molar-refractivity contribution < 1.29 is 19.1 Å². The smallest absolute Gasteiger partial charge is 0.277 e. The van der Waals surface area contributed by atoms with Crippen LogP contribution in [0, 0.1) is 0 Å². The van der Waals surface area contributed by atoms with Crippen molar-refractivity contribution in [2.75, 3.05) is 37.0 Å². The number of amides is 1. The van der Waals surface area contributed by atoms with Crippen LogP contribution in [0.3, 0.4) is 0 Å². The second-order valence-electron chi connectivity index (χ2n) is 8.25. The highest BCUT2D eigenvalue weighted by Crippen LogP contribution is 2.30. The van der Waals surface area contributed by atoms with Gasteiger partial charge >= 0.3 is 0 Å². The van der Waals surface area contributed by atoms with Gasteiger partial charge in [0, 0.05) is 43.5 Å². The number of aromatic nitrogens is 2. The van der Waals surface area contributed by atoms with Crippen LogP contribution in [0.25, 0.3) is 5.69 Å². The summed E-state index contributed by atoms with van der Waals surface area (Å²) >= 11 is 0. The predicted octanol–water partition coefficient (Wildman–Crippen LogP) is 3.70. The van der Waals surface area contributed by atoms with E-state index in [0.717, 1.165) is 37.0 Å². The molecule has 2 aromatic carbocycles. The third kappa shape index (κ3) is 4.57. The highest BCUT2D eigenvalue weighted by atomic mass is 16.5. The minimum atomic E-state index is -0.187. The van der Waals surface area contributed by atoms with E-state index in [0.29, 0.717) is 54.1 Å². The lowest BCUT2D eigenvalue weighted by molar-refractivity contribution is -0.107. The number of anilines is 2. The van der Waals surface area contributed by atoms with Gasteiger partial charge in [0.2, 0.25) is 0 Å². The van der Waals surface area contributed by atoms with Gasteiger partial charge < -0.3 is 19.3 Å². The Morgan fingerprint density at radius 1 is 1.03 bits per heavy atom. The molecule has 8 heteroatoms. The van der Waals surface area contributed by atoms with E-state index in [2.05, 4.69) is 10.00 Å². The molecule has 0 spiro atoms. The van der Waals surface area contributed by atoms with Gasteiger partial charge in [0.15, 0.2) is 6.29 Å². The van der Waals surface area contributed by atoms with Crippen LogP contribution < -0.4 is 14.5 Å². The SMILES string of the molecule is COc1ccc(-n2nc(C=O)c3c2C(=O)N(c2ccc(N(C)CCCCC=O)cc2)CC3)cc1. The maximum Gasteiger partial charge on any atom is 0.277 e. The first-order valence-corrected chi connectivity index (χ1v) is 11.4. The van der Waals surface area contributed by atoms with Crippen LogP contribution in [0.2, 0.25) is 0 Å². The Balaban J connectivity index is 1.57. The van der Waals surface area contributed by atoms with Crippen molar-refractivity contribution in [2.24, 2.45) is 0 Å². The maximum atomic E-state index is 13.6. The molecule has 0 aliphatic carbocycles. The van der Waals surface area contributed by atoms with E-state index < -0.39 is 0 Å². The molecule has 0 radical (unpaired) electrons. The van der Waals surface area contributed by atoms with E-state index in [9.17, 15) is 14.4 Å². The van der Waals surface area contributed by atoms with Gasteiger partial charge in [-0.1, -0.05) is 0 Å². The average Bonchev–Trinajstić information content (AvgIpc) is 3.26. The summed E-state index contributed by atoms with van der Waals surface area (Å²) in [5.41, 5.74) is 3.92. The van der Waals surface area contributed by atoms with Gasteiger partial charge in [-0.15, -0.1) is 0 Å². The quantitative estimate of drug-likeness (QED) is 0.339. The summed E-state index contributed by atoms with van der Waals surface area (Å²) in [7, 11) is 3.61. The Morgan fingerprint density at radius 2 is 1.74 bits per heavy atom. The molecule has 0 saturated carbocycles. The molecular weight excluding hydrogens is 432 g/mol. The lowest BCUT2D eigenvalue weighted by Crippen LogP contribution is -2.38. The molecule has 2 heterocycles. The van der Waals surface area contributed by atoms with E-state index in [1.54, 1.807) is 28.8 Å². The van der Waals surface area contributed by atoms with Gasteiger partial charge in [0.25, 0.3) is 5.91 Å². The molecule has 4 rings (SSSR count). The fourth-order valence-corrected chi connectivity index (χ4v) is 4.23. The zero-order chi connectivity index (χ0) is 24.1. The Morgan fingerprint density at radius 3 is 2.38 bits per heavy atom. The molecule has 3 aromatic rings. The molecule has 0 atom stereocenters. The predicted molar refractivity (Wildman–Crippen MR) is 131 cm³/mol. The van der Waals surface area contributed by atoms with Crippen LogP contribution in [0.4, 0.5) is 11.4 Å². The first kappa shape index (κ1) is 23.2. The summed E-state index contributed by atoms with van der Waals surface area (Å²) < 4.78 is 6.77. The molecular formula is C26H28N4O4. The van der Waals surface area contributed by atoms with E-state index in [-0.39, 0.29) is 5.91 Å². The Labute approximate surface area is 198 Å². The molecule has 0 unspecified atom stereocenters. The molecule has 0 bridgehead atoms. The van der Waals surface area contributed by atoms with Crippen molar-refractivity contribution in [3.05, 3.63) is 65.5 Å². The first-order chi connectivity index (χ1) is 16.6. The number of hydrogen-bond donors (Lipinski definition) is 0. The van der Waals surface area contributed by atoms with Crippen molar-refractivity contribution in [1.29, 1.82) is 0 Å². The molecule has 1 aliphatic rings. The minimum Gasteiger partial charge on any atom is -0.497 e. The largest absolute Gasteiger partial charge is 0.497 e. The number of rotatable bonds is 10. The lowest BCUT2D eigenvalue weighted by Gasteiger charge is -2.28. The summed E-state index contributed by atoms with van der Waals surface area (Å²) in [4.78, 5) is 39.6. The second kappa shape index (κ2) is 10.3. The number of methoxy groups -OCH3 is 1. The summed E-state index contributed by atoms with van der Waals surface area (Å²) in [6.07, 6.45) is 4.62. The fraction of sp³-hybridized carbons (Fsp3) is 0.308. The number of aldehydes is 2. The Kier molecular flexibility index (Phi) is 7.06. The van der Waals surface area contributed by atoms with E-state index in [1.807, 2.05) is 43.4 Å². The molecule has 0 fully saturated rings. The van der Waals surface area contributed by atoms with Crippen LogP contribution in [0.15, 0.2) is 48.5 Å². The molecule has 0 saturated heterocycles. The van der Waals surface area contributed by atoms with Gasteiger partial charge in [0.1, 0.15) is 23.4 Å². The molecule has 0 N–H and O–H groups in total. The van der Waals surface area contributed by atoms with Crippen LogP contribution in [0.5, 0.6) is 5.75 Å². The minimum absolute atomic E-state index is 0.187. The number of nitrogens with zero attached hydrogens (tertiary/aromatic N) is 4. The van der Waals surface area contributed by atoms with Gasteiger partial charge in [-0.3, -0.25) is 9.59 Å². The summed E-state index contributed by atoms with van der Waals surface area (Å²) in [5, 5.41) is 4.43. The van der Waals surface area contributed by atoms with E-state index >= 15 is 0 Å². The summed E-state index contributed by atoms with van der Waals surface area (Å²) in [6, 6.07) is 15.1. The van der Waals surface area contributed by atoms with Crippen molar-refractivity contribution in [2.45, 2.75) is 25.7 Å². The standard InChI is InChI=1S/C26H28N4O4/c1-28(15-4-3-5-17-31)19-6-8-20(9-7-19)29-16-14-23-24(18-32)27-30(25(23)26(29)33)21-10-12-22(34-2)13-11-21/h6-13,17-18H,3-5,14-16H2,1-2H3.